The summed E-state index contributed by atoms with van der Waals surface area (Å²) in [7, 11) is -4.24. The second-order valence-corrected chi connectivity index (χ2v) is 7.95. The Morgan fingerprint density at radius 2 is 1.87 bits per heavy atom. The summed E-state index contributed by atoms with van der Waals surface area (Å²) in [5, 5.41) is 0. The SMILES string of the molecule is O=S(=O)(O)c1ccc(Br)cc1C1CCOC(c2ccccc2)C1. The van der Waals surface area contributed by atoms with Crippen molar-refractivity contribution in [3.8, 4) is 0 Å². The number of ether oxygens (including phenoxy) is 1. The molecule has 0 aromatic heterocycles. The van der Waals surface area contributed by atoms with Gasteiger partial charge in [-0.15, -0.1) is 0 Å². The van der Waals surface area contributed by atoms with Crippen LogP contribution in [0.2, 0.25) is 0 Å². The molecule has 1 heterocycles. The normalized spacial score (nSPS) is 22.0. The van der Waals surface area contributed by atoms with Crippen LogP contribution in [-0.4, -0.2) is 19.6 Å². The predicted octanol–water partition coefficient (Wildman–Crippen LogP) is 4.33. The highest BCUT2D eigenvalue weighted by molar-refractivity contribution is 9.10. The van der Waals surface area contributed by atoms with Gasteiger partial charge in [0.25, 0.3) is 10.1 Å². The molecule has 0 radical (unpaired) electrons. The number of benzene rings is 2. The topological polar surface area (TPSA) is 63.6 Å². The Kier molecular flexibility index (Phi) is 4.87. The van der Waals surface area contributed by atoms with Crippen LogP contribution in [-0.2, 0) is 14.9 Å². The molecule has 0 amide bonds. The van der Waals surface area contributed by atoms with Gasteiger partial charge in [0.15, 0.2) is 0 Å². The summed E-state index contributed by atoms with van der Waals surface area (Å²) in [6.07, 6.45) is 1.34. The van der Waals surface area contributed by atoms with Crippen LogP contribution in [0.5, 0.6) is 0 Å². The summed E-state index contributed by atoms with van der Waals surface area (Å²) in [5.74, 6) is 0.0170. The molecule has 2 unspecified atom stereocenters. The van der Waals surface area contributed by atoms with Gasteiger partial charge in [0.2, 0.25) is 0 Å². The monoisotopic (exact) mass is 396 g/mol. The van der Waals surface area contributed by atoms with Gasteiger partial charge in [-0.1, -0.05) is 46.3 Å². The Balaban J connectivity index is 1.94. The minimum absolute atomic E-state index is 0.0144. The van der Waals surface area contributed by atoms with Crippen LogP contribution in [0.15, 0.2) is 57.9 Å². The van der Waals surface area contributed by atoms with Gasteiger partial charge in [-0.25, -0.2) is 0 Å². The van der Waals surface area contributed by atoms with E-state index in [0.717, 1.165) is 16.5 Å². The summed E-state index contributed by atoms with van der Waals surface area (Å²) < 4.78 is 39.5. The first kappa shape index (κ1) is 16.6. The largest absolute Gasteiger partial charge is 0.373 e. The highest BCUT2D eigenvalue weighted by Crippen LogP contribution is 2.40. The van der Waals surface area contributed by atoms with Crippen molar-refractivity contribution in [2.24, 2.45) is 0 Å². The van der Waals surface area contributed by atoms with E-state index in [-0.39, 0.29) is 16.9 Å². The molecule has 1 aliphatic rings. The van der Waals surface area contributed by atoms with Gasteiger partial charge >= 0.3 is 0 Å². The highest BCUT2D eigenvalue weighted by Gasteiger charge is 2.29. The zero-order chi connectivity index (χ0) is 16.4. The zero-order valence-electron chi connectivity index (χ0n) is 12.4. The maximum absolute atomic E-state index is 11.7. The van der Waals surface area contributed by atoms with Crippen molar-refractivity contribution in [1.29, 1.82) is 0 Å². The molecule has 6 heteroatoms. The minimum atomic E-state index is -4.24. The van der Waals surface area contributed by atoms with Crippen LogP contribution in [0.1, 0.15) is 36.0 Å². The van der Waals surface area contributed by atoms with E-state index >= 15 is 0 Å². The molecule has 1 N–H and O–H groups in total. The van der Waals surface area contributed by atoms with Crippen molar-refractivity contribution in [3.05, 3.63) is 64.1 Å². The van der Waals surface area contributed by atoms with Crippen LogP contribution < -0.4 is 0 Å². The lowest BCUT2D eigenvalue weighted by molar-refractivity contribution is 0.00484. The molecule has 2 aromatic rings. The zero-order valence-corrected chi connectivity index (χ0v) is 14.8. The molecule has 2 aromatic carbocycles. The van der Waals surface area contributed by atoms with E-state index in [1.165, 1.54) is 6.07 Å². The second kappa shape index (κ2) is 6.73. The third-order valence-electron chi connectivity index (χ3n) is 4.14. The average molecular weight is 397 g/mol. The van der Waals surface area contributed by atoms with Gasteiger partial charge in [0.05, 0.1) is 11.0 Å². The smallest absolute Gasteiger partial charge is 0.294 e. The van der Waals surface area contributed by atoms with Crippen molar-refractivity contribution < 1.29 is 17.7 Å². The van der Waals surface area contributed by atoms with Crippen LogP contribution in [0.25, 0.3) is 0 Å². The molecule has 1 saturated heterocycles. The van der Waals surface area contributed by atoms with Gasteiger partial charge in [0, 0.05) is 11.1 Å². The van der Waals surface area contributed by atoms with Crippen LogP contribution >= 0.6 is 15.9 Å². The average Bonchev–Trinajstić information content (AvgIpc) is 2.54. The lowest BCUT2D eigenvalue weighted by Gasteiger charge is -2.31. The quantitative estimate of drug-likeness (QED) is 0.784. The van der Waals surface area contributed by atoms with E-state index in [9.17, 15) is 13.0 Å². The molecule has 0 saturated carbocycles. The molecule has 2 atom stereocenters. The number of hydrogen-bond acceptors (Lipinski definition) is 3. The first-order chi connectivity index (χ1) is 10.9. The van der Waals surface area contributed by atoms with E-state index in [1.807, 2.05) is 30.3 Å². The molecule has 4 nitrogen and oxygen atoms in total. The molecule has 3 rings (SSSR count). The minimum Gasteiger partial charge on any atom is -0.373 e. The molecule has 122 valence electrons. The van der Waals surface area contributed by atoms with E-state index < -0.39 is 10.1 Å². The van der Waals surface area contributed by atoms with E-state index in [1.54, 1.807) is 12.1 Å². The van der Waals surface area contributed by atoms with Crippen molar-refractivity contribution in [2.45, 2.75) is 29.8 Å². The van der Waals surface area contributed by atoms with Gasteiger partial charge in [-0.05, 0) is 48.1 Å². The van der Waals surface area contributed by atoms with Gasteiger partial charge in [-0.3, -0.25) is 4.55 Å². The highest BCUT2D eigenvalue weighted by atomic mass is 79.9. The maximum atomic E-state index is 11.7. The van der Waals surface area contributed by atoms with E-state index in [0.29, 0.717) is 18.6 Å². The van der Waals surface area contributed by atoms with E-state index in [2.05, 4.69) is 15.9 Å². The van der Waals surface area contributed by atoms with Crippen molar-refractivity contribution in [3.63, 3.8) is 0 Å². The summed E-state index contributed by atoms with van der Waals surface area (Å²) >= 11 is 3.38. The van der Waals surface area contributed by atoms with Crippen LogP contribution in [0.3, 0.4) is 0 Å². The van der Waals surface area contributed by atoms with Crippen molar-refractivity contribution >= 4 is 26.0 Å². The van der Waals surface area contributed by atoms with Crippen LogP contribution in [0, 0.1) is 0 Å². The Labute approximate surface area is 144 Å². The first-order valence-corrected chi connectivity index (χ1v) is 9.62. The maximum Gasteiger partial charge on any atom is 0.294 e. The summed E-state index contributed by atoms with van der Waals surface area (Å²) in [4.78, 5) is -0.0144. The molecule has 1 fully saturated rings. The standard InChI is InChI=1S/C17H17BrO4S/c18-14-6-7-17(23(19,20)21)15(11-14)13-8-9-22-16(10-13)12-4-2-1-3-5-12/h1-7,11,13,16H,8-10H2,(H,19,20,21). The third kappa shape index (κ3) is 3.83. The molecule has 1 aliphatic heterocycles. The van der Waals surface area contributed by atoms with Gasteiger partial charge in [0.1, 0.15) is 0 Å². The lowest BCUT2D eigenvalue weighted by Crippen LogP contribution is -2.20. The molecular formula is C17H17BrO4S. The number of rotatable bonds is 3. The fourth-order valence-electron chi connectivity index (χ4n) is 3.05. The molecule has 23 heavy (non-hydrogen) atoms. The number of halogens is 1. The summed E-state index contributed by atoms with van der Waals surface area (Å²) in [5.41, 5.74) is 1.73. The fourth-order valence-corrected chi connectivity index (χ4v) is 4.19. The molecular weight excluding hydrogens is 380 g/mol. The Bertz CT molecular complexity index is 789. The Morgan fingerprint density at radius 1 is 1.13 bits per heavy atom. The Hall–Kier alpha value is -1.21. The molecule has 0 aliphatic carbocycles. The lowest BCUT2D eigenvalue weighted by atomic mass is 9.86. The fraction of sp³-hybridized carbons (Fsp3) is 0.294. The first-order valence-electron chi connectivity index (χ1n) is 7.38. The molecule has 0 bridgehead atoms. The van der Waals surface area contributed by atoms with Gasteiger partial charge < -0.3 is 4.74 Å². The van der Waals surface area contributed by atoms with Crippen LogP contribution in [0.4, 0.5) is 0 Å². The molecule has 0 spiro atoms. The second-order valence-electron chi connectivity index (χ2n) is 5.65. The summed E-state index contributed by atoms with van der Waals surface area (Å²) in [6, 6.07) is 14.8. The Morgan fingerprint density at radius 3 is 2.57 bits per heavy atom. The third-order valence-corrected chi connectivity index (χ3v) is 5.57. The number of hydrogen-bond donors (Lipinski definition) is 1. The van der Waals surface area contributed by atoms with Crippen molar-refractivity contribution in [1.82, 2.24) is 0 Å². The van der Waals surface area contributed by atoms with Gasteiger partial charge in [-0.2, -0.15) is 8.42 Å². The summed E-state index contributed by atoms with van der Waals surface area (Å²) in [6.45, 7) is 0.557. The predicted molar refractivity (Wildman–Crippen MR) is 91.1 cm³/mol. The van der Waals surface area contributed by atoms with E-state index in [4.69, 9.17) is 4.74 Å². The van der Waals surface area contributed by atoms with Crippen molar-refractivity contribution in [2.75, 3.05) is 6.61 Å².